The summed E-state index contributed by atoms with van der Waals surface area (Å²) in [7, 11) is 1.76. The van der Waals surface area contributed by atoms with Crippen LogP contribution >= 0.6 is 0 Å². The Hall–Kier alpha value is -1.42. The van der Waals surface area contributed by atoms with Crippen molar-refractivity contribution in [2.45, 2.75) is 45.7 Å². The molecule has 1 aromatic rings. The number of carbonyl (C=O) groups is 1. The average molecular weight is 292 g/mol. The number of nitrogens with one attached hydrogen (secondary N) is 1. The van der Waals surface area contributed by atoms with E-state index in [2.05, 4.69) is 19.2 Å². The Bertz CT molecular complexity index is 515. The molecule has 1 heterocycles. The first-order valence-corrected chi connectivity index (χ1v) is 7.59. The Morgan fingerprint density at radius 2 is 2.10 bits per heavy atom. The maximum absolute atomic E-state index is 13.9. The van der Waals surface area contributed by atoms with Crippen LogP contribution in [-0.2, 0) is 4.79 Å². The standard InChI is InChI=1S/C17H25FN2O/c1-12(13-8-5-6-9-14(13)18)20(4)16(21)15-17(2,3)10-7-11-19-15/h5-6,8-9,12,15,19H,7,10-11H2,1-4H3. The van der Waals surface area contributed by atoms with Crippen molar-refractivity contribution in [2.75, 3.05) is 13.6 Å². The van der Waals surface area contributed by atoms with Crippen molar-refractivity contribution in [3.05, 3.63) is 35.6 Å². The molecule has 1 aliphatic rings. The zero-order valence-corrected chi connectivity index (χ0v) is 13.3. The van der Waals surface area contributed by atoms with E-state index in [1.165, 1.54) is 6.07 Å². The first kappa shape index (κ1) is 16.0. The van der Waals surface area contributed by atoms with Crippen LogP contribution < -0.4 is 5.32 Å². The van der Waals surface area contributed by atoms with Crippen LogP contribution in [0.5, 0.6) is 0 Å². The monoisotopic (exact) mass is 292 g/mol. The second-order valence-corrected chi connectivity index (χ2v) is 6.63. The zero-order valence-electron chi connectivity index (χ0n) is 13.3. The molecule has 21 heavy (non-hydrogen) atoms. The molecule has 2 atom stereocenters. The van der Waals surface area contributed by atoms with Gasteiger partial charge in [-0.3, -0.25) is 4.79 Å². The van der Waals surface area contributed by atoms with E-state index in [4.69, 9.17) is 0 Å². The topological polar surface area (TPSA) is 32.3 Å². The lowest BCUT2D eigenvalue weighted by Gasteiger charge is -2.41. The van der Waals surface area contributed by atoms with E-state index < -0.39 is 0 Å². The van der Waals surface area contributed by atoms with Gasteiger partial charge < -0.3 is 10.2 Å². The molecule has 0 radical (unpaired) electrons. The van der Waals surface area contributed by atoms with Gasteiger partial charge in [-0.1, -0.05) is 32.0 Å². The number of hydrogen-bond acceptors (Lipinski definition) is 2. The lowest BCUT2D eigenvalue weighted by atomic mass is 9.77. The highest BCUT2D eigenvalue weighted by Crippen LogP contribution is 2.32. The second kappa shape index (κ2) is 6.14. The molecule has 1 saturated heterocycles. The minimum Gasteiger partial charge on any atom is -0.338 e. The van der Waals surface area contributed by atoms with Gasteiger partial charge in [0.25, 0.3) is 0 Å². The van der Waals surface area contributed by atoms with Crippen molar-refractivity contribution in [2.24, 2.45) is 5.41 Å². The normalized spacial score (nSPS) is 22.6. The molecule has 116 valence electrons. The van der Waals surface area contributed by atoms with Gasteiger partial charge in [0.05, 0.1) is 12.1 Å². The molecular formula is C17H25FN2O. The molecule has 1 N–H and O–H groups in total. The van der Waals surface area contributed by atoms with Gasteiger partial charge in [-0.05, 0) is 37.8 Å². The Kier molecular flexibility index (Phi) is 4.67. The van der Waals surface area contributed by atoms with Gasteiger partial charge in [0.1, 0.15) is 5.82 Å². The molecular weight excluding hydrogens is 267 g/mol. The van der Waals surface area contributed by atoms with Crippen LogP contribution in [0.15, 0.2) is 24.3 Å². The summed E-state index contributed by atoms with van der Waals surface area (Å²) in [5.74, 6) is -0.226. The third kappa shape index (κ3) is 3.26. The molecule has 0 bridgehead atoms. The van der Waals surface area contributed by atoms with Crippen molar-refractivity contribution < 1.29 is 9.18 Å². The van der Waals surface area contributed by atoms with E-state index in [1.54, 1.807) is 30.1 Å². The summed E-state index contributed by atoms with van der Waals surface area (Å²) >= 11 is 0. The lowest BCUT2D eigenvalue weighted by molar-refractivity contribution is -0.138. The van der Waals surface area contributed by atoms with Crippen LogP contribution in [-0.4, -0.2) is 30.4 Å². The maximum atomic E-state index is 13.9. The lowest BCUT2D eigenvalue weighted by Crippen LogP contribution is -2.56. The van der Waals surface area contributed by atoms with E-state index in [1.807, 2.05) is 6.92 Å². The number of rotatable bonds is 3. The van der Waals surface area contributed by atoms with Gasteiger partial charge in [0, 0.05) is 12.6 Å². The van der Waals surface area contributed by atoms with Gasteiger partial charge >= 0.3 is 0 Å². The predicted molar refractivity (Wildman–Crippen MR) is 82.4 cm³/mol. The zero-order chi connectivity index (χ0) is 15.6. The Morgan fingerprint density at radius 1 is 1.43 bits per heavy atom. The predicted octanol–water partition coefficient (Wildman–Crippen LogP) is 3.12. The molecule has 0 aromatic heterocycles. The molecule has 1 amide bonds. The number of benzene rings is 1. The first-order chi connectivity index (χ1) is 9.84. The van der Waals surface area contributed by atoms with Gasteiger partial charge in [-0.25, -0.2) is 4.39 Å². The van der Waals surface area contributed by atoms with Crippen LogP contribution in [0.25, 0.3) is 0 Å². The third-order valence-electron chi connectivity index (χ3n) is 4.66. The van der Waals surface area contributed by atoms with Crippen molar-refractivity contribution in [1.82, 2.24) is 10.2 Å². The fraction of sp³-hybridized carbons (Fsp3) is 0.588. The van der Waals surface area contributed by atoms with Crippen LogP contribution in [0.1, 0.15) is 45.2 Å². The van der Waals surface area contributed by atoms with E-state index >= 15 is 0 Å². The fourth-order valence-corrected chi connectivity index (χ4v) is 3.05. The quantitative estimate of drug-likeness (QED) is 0.928. The number of halogens is 1. The summed E-state index contributed by atoms with van der Waals surface area (Å²) in [6, 6.07) is 6.16. The van der Waals surface area contributed by atoms with Crippen molar-refractivity contribution in [1.29, 1.82) is 0 Å². The smallest absolute Gasteiger partial charge is 0.240 e. The van der Waals surface area contributed by atoms with Crippen molar-refractivity contribution >= 4 is 5.91 Å². The van der Waals surface area contributed by atoms with Gasteiger partial charge in [-0.15, -0.1) is 0 Å². The SMILES string of the molecule is CC(c1ccccc1F)N(C)C(=O)C1NCCCC1(C)C. The largest absolute Gasteiger partial charge is 0.338 e. The number of piperidine rings is 1. The molecule has 0 spiro atoms. The summed E-state index contributed by atoms with van der Waals surface area (Å²) in [6.07, 6.45) is 2.11. The van der Waals surface area contributed by atoms with Crippen LogP contribution in [0.2, 0.25) is 0 Å². The van der Waals surface area contributed by atoms with E-state index in [0.717, 1.165) is 19.4 Å². The van der Waals surface area contributed by atoms with Gasteiger partial charge in [-0.2, -0.15) is 0 Å². The molecule has 2 rings (SSSR count). The van der Waals surface area contributed by atoms with Crippen molar-refractivity contribution in [3.8, 4) is 0 Å². The second-order valence-electron chi connectivity index (χ2n) is 6.63. The number of nitrogens with zero attached hydrogens (tertiary/aromatic N) is 1. The van der Waals surface area contributed by atoms with Gasteiger partial charge in [0.2, 0.25) is 5.91 Å². The molecule has 1 aromatic carbocycles. The highest BCUT2D eigenvalue weighted by molar-refractivity contribution is 5.83. The maximum Gasteiger partial charge on any atom is 0.240 e. The van der Waals surface area contributed by atoms with Crippen LogP contribution in [0, 0.1) is 11.2 Å². The average Bonchev–Trinajstić information content (AvgIpc) is 2.45. The van der Waals surface area contributed by atoms with E-state index in [-0.39, 0.29) is 29.2 Å². The van der Waals surface area contributed by atoms with Crippen molar-refractivity contribution in [3.63, 3.8) is 0 Å². The summed E-state index contributed by atoms with van der Waals surface area (Å²) in [5, 5.41) is 3.33. The summed E-state index contributed by atoms with van der Waals surface area (Å²) in [5.41, 5.74) is 0.486. The fourth-order valence-electron chi connectivity index (χ4n) is 3.05. The van der Waals surface area contributed by atoms with E-state index in [9.17, 15) is 9.18 Å². The number of amides is 1. The van der Waals surface area contributed by atoms with Crippen LogP contribution in [0.4, 0.5) is 4.39 Å². The minimum atomic E-state index is -0.279. The Labute approximate surface area is 126 Å². The molecule has 2 unspecified atom stereocenters. The van der Waals surface area contributed by atoms with E-state index in [0.29, 0.717) is 5.56 Å². The highest BCUT2D eigenvalue weighted by atomic mass is 19.1. The number of likely N-dealkylation sites (N-methyl/N-ethyl adjacent to an activating group) is 1. The first-order valence-electron chi connectivity index (χ1n) is 7.59. The summed E-state index contributed by atoms with van der Waals surface area (Å²) < 4.78 is 13.9. The molecule has 3 nitrogen and oxygen atoms in total. The van der Waals surface area contributed by atoms with Crippen LogP contribution in [0.3, 0.4) is 0 Å². The summed E-state index contributed by atoms with van der Waals surface area (Å²) in [6.45, 7) is 6.96. The molecule has 0 saturated carbocycles. The number of carbonyl (C=O) groups excluding carboxylic acids is 1. The minimum absolute atomic E-state index is 0.0375. The molecule has 1 aliphatic heterocycles. The van der Waals surface area contributed by atoms with Gasteiger partial charge in [0.15, 0.2) is 0 Å². The highest BCUT2D eigenvalue weighted by Gasteiger charge is 2.39. The third-order valence-corrected chi connectivity index (χ3v) is 4.66. The molecule has 1 fully saturated rings. The number of hydrogen-bond donors (Lipinski definition) is 1. The Morgan fingerprint density at radius 3 is 2.71 bits per heavy atom. The molecule has 0 aliphatic carbocycles. The molecule has 4 heteroatoms. The Balaban J connectivity index is 2.17. The summed E-state index contributed by atoms with van der Waals surface area (Å²) in [4.78, 5) is 14.4.